The van der Waals surface area contributed by atoms with Gasteiger partial charge in [0.2, 0.25) is 0 Å². The van der Waals surface area contributed by atoms with Crippen molar-refractivity contribution in [1.82, 2.24) is 5.32 Å². The van der Waals surface area contributed by atoms with E-state index >= 15 is 0 Å². The average molecular weight is 427 g/mol. The minimum Gasteiger partial charge on any atom is -0.460 e. The van der Waals surface area contributed by atoms with Gasteiger partial charge in [-0.1, -0.05) is 37.0 Å². The number of halogens is 2. The van der Waals surface area contributed by atoms with E-state index in [1.54, 1.807) is 18.2 Å². The Hall–Kier alpha value is -2.48. The summed E-state index contributed by atoms with van der Waals surface area (Å²) in [6, 6.07) is 11.1. The number of nitrogens with one attached hydrogen (secondary N) is 1. The van der Waals surface area contributed by atoms with Gasteiger partial charge in [-0.15, -0.1) is 0 Å². The monoisotopic (exact) mass is 426 g/mol. The Bertz CT molecular complexity index is 1130. The molecule has 0 radical (unpaired) electrons. The molecule has 0 bridgehead atoms. The van der Waals surface area contributed by atoms with E-state index in [9.17, 15) is 10.1 Å². The number of hydrogen-bond acceptors (Lipinski definition) is 4. The van der Waals surface area contributed by atoms with Crippen LogP contribution in [0.5, 0.6) is 0 Å². The fourth-order valence-electron chi connectivity index (χ4n) is 4.21. The number of furan rings is 1. The lowest BCUT2D eigenvalue weighted by molar-refractivity contribution is -0.118. The maximum absolute atomic E-state index is 13.1. The standard InChI is InChI=1S/C23H20Cl2N2O2/c1-12-15(11-26)21(22-17(27-12)9-23(2,3)10-18(22)28)20-7-6-19(29-20)14-5-4-13(24)8-16(14)25/h4-8,21,27H,9-10H2,1-3H3/t21-/m0/s1. The van der Waals surface area contributed by atoms with Crippen molar-refractivity contribution in [3.8, 4) is 17.4 Å². The first kappa shape index (κ1) is 19.8. The van der Waals surface area contributed by atoms with Crippen LogP contribution in [0.2, 0.25) is 10.0 Å². The molecule has 2 aromatic rings. The molecular formula is C23H20Cl2N2O2. The van der Waals surface area contributed by atoms with Gasteiger partial charge in [-0.05, 0) is 49.1 Å². The number of carbonyl (C=O) groups excluding carboxylic acids is 1. The van der Waals surface area contributed by atoms with Crippen LogP contribution in [-0.2, 0) is 4.79 Å². The number of allylic oxidation sites excluding steroid dienone is 4. The molecule has 0 amide bonds. The molecule has 0 unspecified atom stereocenters. The molecule has 4 rings (SSSR count). The zero-order valence-corrected chi connectivity index (χ0v) is 17.9. The van der Waals surface area contributed by atoms with Gasteiger partial charge in [0.05, 0.1) is 22.6 Å². The van der Waals surface area contributed by atoms with E-state index in [0.29, 0.717) is 44.7 Å². The lowest BCUT2D eigenvalue weighted by Gasteiger charge is -2.38. The second-order valence-electron chi connectivity index (χ2n) is 8.37. The largest absolute Gasteiger partial charge is 0.460 e. The van der Waals surface area contributed by atoms with Crippen molar-refractivity contribution in [1.29, 1.82) is 5.26 Å². The first-order chi connectivity index (χ1) is 13.7. The number of hydrogen-bond donors (Lipinski definition) is 1. The number of nitriles is 1. The Morgan fingerprint density at radius 1 is 1.21 bits per heavy atom. The Kier molecular flexibility index (Phi) is 4.85. The molecule has 2 aliphatic rings. The van der Waals surface area contributed by atoms with E-state index in [1.165, 1.54) is 0 Å². The van der Waals surface area contributed by atoms with Gasteiger partial charge in [-0.25, -0.2) is 0 Å². The maximum Gasteiger partial charge on any atom is 0.162 e. The van der Waals surface area contributed by atoms with Gasteiger partial charge in [0, 0.05) is 34.0 Å². The minimum atomic E-state index is -0.514. The van der Waals surface area contributed by atoms with Gasteiger partial charge in [0.1, 0.15) is 11.5 Å². The summed E-state index contributed by atoms with van der Waals surface area (Å²) in [6.45, 7) is 6.02. The van der Waals surface area contributed by atoms with Crippen molar-refractivity contribution < 1.29 is 9.21 Å². The quantitative estimate of drug-likeness (QED) is 0.604. The maximum atomic E-state index is 13.1. The summed E-state index contributed by atoms with van der Waals surface area (Å²) in [7, 11) is 0. The molecule has 1 aliphatic heterocycles. The summed E-state index contributed by atoms with van der Waals surface area (Å²) in [5, 5.41) is 14.1. The number of benzene rings is 1. The van der Waals surface area contributed by atoms with E-state index in [-0.39, 0.29) is 11.2 Å². The summed E-state index contributed by atoms with van der Waals surface area (Å²) >= 11 is 12.3. The molecule has 0 fully saturated rings. The summed E-state index contributed by atoms with van der Waals surface area (Å²) < 4.78 is 6.13. The molecule has 6 heteroatoms. The van der Waals surface area contributed by atoms with E-state index in [1.807, 2.05) is 19.1 Å². The molecule has 1 aliphatic carbocycles. The van der Waals surface area contributed by atoms with Crippen LogP contribution in [0.3, 0.4) is 0 Å². The lowest BCUT2D eigenvalue weighted by atomic mass is 9.70. The van der Waals surface area contributed by atoms with Crippen LogP contribution in [0.15, 0.2) is 57.3 Å². The molecule has 148 valence electrons. The normalized spacial score (nSPS) is 21.0. The lowest BCUT2D eigenvalue weighted by Crippen LogP contribution is -2.36. The summed E-state index contributed by atoms with van der Waals surface area (Å²) in [4.78, 5) is 13.1. The number of Topliss-reactive ketones (excluding diaryl/α,β-unsaturated/α-hetero) is 1. The SMILES string of the molecule is CC1=C(C#N)[C@@H](c2ccc(-c3ccc(Cl)cc3Cl)o2)C2=C(CC(C)(C)CC2=O)N1. The molecule has 0 spiro atoms. The summed E-state index contributed by atoms with van der Waals surface area (Å²) in [5.74, 6) is 0.668. The topological polar surface area (TPSA) is 66.0 Å². The second-order valence-corrected chi connectivity index (χ2v) is 9.21. The van der Waals surface area contributed by atoms with E-state index in [2.05, 4.69) is 25.2 Å². The summed E-state index contributed by atoms with van der Waals surface area (Å²) in [5.41, 5.74) is 3.36. The van der Waals surface area contributed by atoms with Crippen molar-refractivity contribution in [3.05, 3.63) is 68.7 Å². The zero-order chi connectivity index (χ0) is 20.9. The predicted molar refractivity (Wildman–Crippen MR) is 113 cm³/mol. The van der Waals surface area contributed by atoms with E-state index in [4.69, 9.17) is 27.6 Å². The van der Waals surface area contributed by atoms with Gasteiger partial charge in [-0.3, -0.25) is 4.79 Å². The molecule has 0 saturated carbocycles. The highest BCUT2D eigenvalue weighted by atomic mass is 35.5. The fraction of sp³-hybridized carbons (Fsp3) is 0.304. The van der Waals surface area contributed by atoms with Crippen LogP contribution < -0.4 is 5.32 Å². The molecule has 1 aromatic carbocycles. The molecular weight excluding hydrogens is 407 g/mol. The smallest absolute Gasteiger partial charge is 0.162 e. The molecule has 4 nitrogen and oxygen atoms in total. The Balaban J connectivity index is 1.83. The van der Waals surface area contributed by atoms with Crippen LogP contribution in [0.25, 0.3) is 11.3 Å². The molecule has 1 N–H and O–H groups in total. The van der Waals surface area contributed by atoms with Crippen LogP contribution >= 0.6 is 23.2 Å². The van der Waals surface area contributed by atoms with Gasteiger partial charge in [0.25, 0.3) is 0 Å². The van der Waals surface area contributed by atoms with Gasteiger partial charge in [0.15, 0.2) is 5.78 Å². The van der Waals surface area contributed by atoms with Crippen LogP contribution in [0.1, 0.15) is 45.3 Å². The Morgan fingerprint density at radius 2 is 1.97 bits per heavy atom. The number of nitrogens with zero attached hydrogens (tertiary/aromatic N) is 1. The molecule has 29 heavy (non-hydrogen) atoms. The van der Waals surface area contributed by atoms with Gasteiger partial charge in [-0.2, -0.15) is 5.26 Å². The highest BCUT2D eigenvalue weighted by Crippen LogP contribution is 2.47. The highest BCUT2D eigenvalue weighted by Gasteiger charge is 2.42. The van der Waals surface area contributed by atoms with Crippen molar-refractivity contribution in [2.45, 2.75) is 39.5 Å². The third-order valence-electron chi connectivity index (χ3n) is 5.47. The number of rotatable bonds is 2. The zero-order valence-electron chi connectivity index (χ0n) is 16.4. The van der Waals surface area contributed by atoms with Crippen molar-refractivity contribution in [2.24, 2.45) is 5.41 Å². The van der Waals surface area contributed by atoms with Crippen molar-refractivity contribution >= 4 is 29.0 Å². The molecule has 1 aromatic heterocycles. The molecule has 2 heterocycles. The first-order valence-corrected chi connectivity index (χ1v) is 10.1. The predicted octanol–water partition coefficient (Wildman–Crippen LogP) is 6.38. The third-order valence-corrected chi connectivity index (χ3v) is 6.02. The van der Waals surface area contributed by atoms with Crippen molar-refractivity contribution in [2.75, 3.05) is 0 Å². The number of ketones is 1. The van der Waals surface area contributed by atoms with E-state index < -0.39 is 5.92 Å². The van der Waals surface area contributed by atoms with E-state index in [0.717, 1.165) is 17.8 Å². The molecule has 1 atom stereocenters. The number of dihydropyridines is 1. The Morgan fingerprint density at radius 3 is 2.66 bits per heavy atom. The molecule has 0 saturated heterocycles. The highest BCUT2D eigenvalue weighted by molar-refractivity contribution is 6.36. The average Bonchev–Trinajstić information content (AvgIpc) is 3.08. The first-order valence-electron chi connectivity index (χ1n) is 9.39. The third kappa shape index (κ3) is 3.50. The van der Waals surface area contributed by atoms with Crippen LogP contribution in [0.4, 0.5) is 0 Å². The van der Waals surface area contributed by atoms with Gasteiger partial charge >= 0.3 is 0 Å². The van der Waals surface area contributed by atoms with Gasteiger partial charge < -0.3 is 9.73 Å². The second kappa shape index (κ2) is 7.09. The number of carbonyl (C=O) groups is 1. The van der Waals surface area contributed by atoms with Crippen LogP contribution in [0, 0.1) is 16.7 Å². The van der Waals surface area contributed by atoms with Crippen molar-refractivity contribution in [3.63, 3.8) is 0 Å². The minimum absolute atomic E-state index is 0.0523. The fourth-order valence-corrected chi connectivity index (χ4v) is 4.71. The van der Waals surface area contributed by atoms with Crippen LogP contribution in [-0.4, -0.2) is 5.78 Å². The Labute approximate surface area is 179 Å². The summed E-state index contributed by atoms with van der Waals surface area (Å²) in [6.07, 6.45) is 1.19.